The Morgan fingerprint density at radius 2 is 0.981 bits per heavy atom. The zero-order valence-electron chi connectivity index (χ0n) is 28.2. The van der Waals surface area contributed by atoms with Crippen LogP contribution in [0.5, 0.6) is 0 Å². The van der Waals surface area contributed by atoms with Gasteiger partial charge in [-0.25, -0.2) is 9.97 Å². The highest BCUT2D eigenvalue weighted by atomic mass is 14.8. The van der Waals surface area contributed by atoms with Gasteiger partial charge in [-0.05, 0) is 98.4 Å². The predicted octanol–water partition coefficient (Wildman–Crippen LogP) is 12.8. The van der Waals surface area contributed by atoms with Crippen LogP contribution < -0.4 is 0 Å². The normalized spacial score (nSPS) is 11.5. The minimum Gasteiger partial charge on any atom is -0.255 e. The molecule has 0 aliphatic carbocycles. The van der Waals surface area contributed by atoms with Crippen LogP contribution in [0, 0.1) is 0 Å². The minimum atomic E-state index is 0.860. The monoisotopic (exact) mass is 661 g/mol. The zero-order chi connectivity index (χ0) is 34.4. The fourth-order valence-electron chi connectivity index (χ4n) is 7.59. The minimum absolute atomic E-state index is 0.860. The molecular weight excluding hydrogens is 631 g/mol. The largest absolute Gasteiger partial charge is 0.255 e. The van der Waals surface area contributed by atoms with Gasteiger partial charge in [0, 0.05) is 33.5 Å². The number of fused-ring (bicyclic) bond motifs is 6. The molecule has 0 aliphatic rings. The molecule has 0 unspecified atom stereocenters. The molecule has 0 amide bonds. The number of hydrogen-bond acceptors (Lipinski definition) is 3. The first-order chi connectivity index (χ1) is 25.8. The Bertz CT molecular complexity index is 2970. The van der Waals surface area contributed by atoms with E-state index in [0.717, 1.165) is 66.9 Å². The number of pyridine rings is 3. The van der Waals surface area contributed by atoms with E-state index in [2.05, 4.69) is 163 Å². The van der Waals surface area contributed by atoms with Crippen molar-refractivity contribution in [3.05, 3.63) is 188 Å². The van der Waals surface area contributed by atoms with Gasteiger partial charge in [0.1, 0.15) is 0 Å². The summed E-state index contributed by atoms with van der Waals surface area (Å²) in [5.74, 6) is 0. The van der Waals surface area contributed by atoms with Crippen molar-refractivity contribution < 1.29 is 0 Å². The van der Waals surface area contributed by atoms with E-state index >= 15 is 0 Å². The Morgan fingerprint density at radius 1 is 0.327 bits per heavy atom. The van der Waals surface area contributed by atoms with Gasteiger partial charge in [0.2, 0.25) is 0 Å². The second-order valence-corrected chi connectivity index (χ2v) is 13.2. The van der Waals surface area contributed by atoms with Crippen LogP contribution in [0.15, 0.2) is 188 Å². The number of nitrogens with zero attached hydrogens (tertiary/aromatic N) is 3. The lowest BCUT2D eigenvalue weighted by atomic mass is 9.89. The van der Waals surface area contributed by atoms with Crippen LogP contribution >= 0.6 is 0 Å². The Morgan fingerprint density at radius 3 is 1.83 bits per heavy atom. The lowest BCUT2D eigenvalue weighted by Crippen LogP contribution is -1.93. The SMILES string of the molecule is c1ccc(-c2cccc(-c3cccc(-c4cccc(-c5cc6c(-c7ccc8ccccc8c7)nc7ccccc7c6c6ccccc56)c4)c3)n2)nc1. The Hall–Kier alpha value is -6.97. The second-order valence-electron chi connectivity index (χ2n) is 13.2. The van der Waals surface area contributed by atoms with Crippen LogP contribution in [0.4, 0.5) is 0 Å². The van der Waals surface area contributed by atoms with E-state index in [-0.39, 0.29) is 0 Å². The van der Waals surface area contributed by atoms with Gasteiger partial charge in [-0.1, -0.05) is 127 Å². The van der Waals surface area contributed by atoms with Gasteiger partial charge in [-0.3, -0.25) is 4.98 Å². The first-order valence-corrected chi connectivity index (χ1v) is 17.6. The van der Waals surface area contributed by atoms with Crippen LogP contribution in [0.3, 0.4) is 0 Å². The van der Waals surface area contributed by atoms with Gasteiger partial charge >= 0.3 is 0 Å². The van der Waals surface area contributed by atoms with Gasteiger partial charge in [0.05, 0.1) is 28.3 Å². The smallest absolute Gasteiger partial charge is 0.0893 e. The van der Waals surface area contributed by atoms with Crippen LogP contribution in [0.1, 0.15) is 0 Å². The first kappa shape index (κ1) is 29.9. The topological polar surface area (TPSA) is 38.7 Å². The Labute approximate surface area is 301 Å². The van der Waals surface area contributed by atoms with Crippen LogP contribution in [0.2, 0.25) is 0 Å². The third kappa shape index (κ3) is 5.19. The molecule has 0 saturated carbocycles. The van der Waals surface area contributed by atoms with Crippen molar-refractivity contribution in [1.82, 2.24) is 15.0 Å². The molecule has 0 spiro atoms. The average molecular weight is 662 g/mol. The molecule has 3 heterocycles. The third-order valence-electron chi connectivity index (χ3n) is 10.1. The van der Waals surface area contributed by atoms with E-state index in [9.17, 15) is 0 Å². The van der Waals surface area contributed by atoms with Gasteiger partial charge in [0.25, 0.3) is 0 Å². The zero-order valence-corrected chi connectivity index (χ0v) is 28.2. The summed E-state index contributed by atoms with van der Waals surface area (Å²) in [6.45, 7) is 0. The fourth-order valence-corrected chi connectivity index (χ4v) is 7.59. The fraction of sp³-hybridized carbons (Fsp3) is 0. The number of aromatic nitrogens is 3. The van der Waals surface area contributed by atoms with E-state index in [1.165, 1.54) is 32.5 Å². The lowest BCUT2D eigenvalue weighted by Gasteiger charge is -2.17. The van der Waals surface area contributed by atoms with Gasteiger partial charge in [-0.15, -0.1) is 0 Å². The molecule has 0 atom stereocenters. The molecule has 0 fully saturated rings. The van der Waals surface area contributed by atoms with Gasteiger partial charge in [0.15, 0.2) is 0 Å². The van der Waals surface area contributed by atoms with E-state index in [4.69, 9.17) is 9.97 Å². The highest BCUT2D eigenvalue weighted by molar-refractivity contribution is 6.25. The van der Waals surface area contributed by atoms with E-state index < -0.39 is 0 Å². The van der Waals surface area contributed by atoms with E-state index in [1.54, 1.807) is 6.20 Å². The molecule has 3 heteroatoms. The summed E-state index contributed by atoms with van der Waals surface area (Å²) in [6.07, 6.45) is 1.80. The molecule has 10 rings (SSSR count). The summed E-state index contributed by atoms with van der Waals surface area (Å²) in [6, 6.07) is 64.5. The molecule has 0 bridgehead atoms. The molecule has 7 aromatic carbocycles. The number of para-hydroxylation sites is 1. The van der Waals surface area contributed by atoms with Crippen LogP contribution in [-0.4, -0.2) is 15.0 Å². The maximum Gasteiger partial charge on any atom is 0.0893 e. The molecule has 242 valence electrons. The van der Waals surface area contributed by atoms with Crippen molar-refractivity contribution in [3.8, 4) is 56.2 Å². The predicted molar refractivity (Wildman–Crippen MR) is 217 cm³/mol. The molecule has 0 aliphatic heterocycles. The van der Waals surface area contributed by atoms with Crippen molar-refractivity contribution in [3.63, 3.8) is 0 Å². The molecular formula is C49H31N3. The summed E-state index contributed by atoms with van der Waals surface area (Å²) >= 11 is 0. The highest BCUT2D eigenvalue weighted by Gasteiger charge is 2.17. The number of hydrogen-bond donors (Lipinski definition) is 0. The Kier molecular flexibility index (Phi) is 7.14. The molecule has 3 nitrogen and oxygen atoms in total. The molecule has 0 N–H and O–H groups in total. The van der Waals surface area contributed by atoms with Crippen molar-refractivity contribution in [2.45, 2.75) is 0 Å². The first-order valence-electron chi connectivity index (χ1n) is 17.6. The van der Waals surface area contributed by atoms with Crippen LogP contribution in [0.25, 0.3) is 99.4 Å². The van der Waals surface area contributed by atoms with Gasteiger partial charge < -0.3 is 0 Å². The quantitative estimate of drug-likeness (QED) is 0.172. The second kappa shape index (κ2) is 12.4. The van der Waals surface area contributed by atoms with Crippen molar-refractivity contribution in [2.24, 2.45) is 0 Å². The highest BCUT2D eigenvalue weighted by Crippen LogP contribution is 2.42. The molecule has 0 radical (unpaired) electrons. The Balaban J connectivity index is 1.15. The van der Waals surface area contributed by atoms with E-state index in [1.807, 2.05) is 24.3 Å². The van der Waals surface area contributed by atoms with E-state index in [0.29, 0.717) is 0 Å². The standard InChI is InChI=1S/C49H31N3/c1-2-13-33-30-38(26-25-32(33)12-1)49-43-31-42(39-18-3-4-19-40(39)48(43)41-20-5-6-21-45(41)52-49)36-16-9-14-34(28-36)35-15-10-17-37(29-35)44-23-11-24-47(51-44)46-22-7-8-27-50-46/h1-31H. The van der Waals surface area contributed by atoms with Crippen molar-refractivity contribution in [1.29, 1.82) is 0 Å². The third-order valence-corrected chi connectivity index (χ3v) is 10.1. The molecule has 3 aromatic heterocycles. The lowest BCUT2D eigenvalue weighted by molar-refractivity contribution is 1.25. The molecule has 10 aromatic rings. The van der Waals surface area contributed by atoms with Crippen LogP contribution in [-0.2, 0) is 0 Å². The molecule has 0 saturated heterocycles. The maximum absolute atomic E-state index is 5.34. The molecule has 52 heavy (non-hydrogen) atoms. The summed E-state index contributed by atoms with van der Waals surface area (Å²) in [7, 11) is 0. The van der Waals surface area contributed by atoms with Crippen molar-refractivity contribution >= 4 is 43.2 Å². The average Bonchev–Trinajstić information content (AvgIpc) is 3.23. The summed E-state index contributed by atoms with van der Waals surface area (Å²) in [4.78, 5) is 14.8. The van der Waals surface area contributed by atoms with Crippen molar-refractivity contribution in [2.75, 3.05) is 0 Å². The summed E-state index contributed by atoms with van der Waals surface area (Å²) in [5, 5.41) is 8.42. The maximum atomic E-state index is 5.34. The summed E-state index contributed by atoms with van der Waals surface area (Å²) in [5.41, 5.74) is 11.4. The summed E-state index contributed by atoms with van der Waals surface area (Å²) < 4.78 is 0. The number of benzene rings is 7. The number of rotatable bonds is 5. The van der Waals surface area contributed by atoms with Gasteiger partial charge in [-0.2, -0.15) is 0 Å².